The van der Waals surface area contributed by atoms with Crippen LogP contribution in [-0.4, -0.2) is 49.2 Å². The minimum Gasteiger partial charge on any atom is -0.396 e. The summed E-state index contributed by atoms with van der Waals surface area (Å²) < 4.78 is 0. The van der Waals surface area contributed by atoms with E-state index in [9.17, 15) is 9.90 Å². The van der Waals surface area contributed by atoms with Crippen molar-refractivity contribution in [2.45, 2.75) is 31.7 Å². The third-order valence-electron chi connectivity index (χ3n) is 5.16. The number of hydrogen-bond donors (Lipinski definition) is 1. The largest absolute Gasteiger partial charge is 0.396 e. The Balaban J connectivity index is 1.87. The molecule has 1 aliphatic heterocycles. The molecule has 0 aromatic heterocycles. The lowest BCUT2D eigenvalue weighted by Gasteiger charge is -2.35. The number of carbonyl (C=O) groups excluding carboxylic acids is 1. The van der Waals surface area contributed by atoms with Crippen LogP contribution >= 0.6 is 0 Å². The number of aliphatic hydroxyl groups excluding tert-OH is 1. The smallest absolute Gasteiger partial charge is 0.254 e. The number of likely N-dealkylation sites (tertiary alicyclic amines) is 1. The quantitative estimate of drug-likeness (QED) is 0.890. The molecule has 1 aliphatic rings. The summed E-state index contributed by atoms with van der Waals surface area (Å²) in [5.74, 6) is 0.0776. The van der Waals surface area contributed by atoms with Gasteiger partial charge >= 0.3 is 0 Å². The molecule has 138 valence electrons. The second kappa shape index (κ2) is 8.37. The molecular formula is C22H28N2O2. The molecule has 4 nitrogen and oxygen atoms in total. The van der Waals surface area contributed by atoms with Gasteiger partial charge in [-0.1, -0.05) is 24.3 Å². The van der Waals surface area contributed by atoms with Crippen molar-refractivity contribution >= 4 is 11.6 Å². The van der Waals surface area contributed by atoms with Crippen molar-refractivity contribution in [1.82, 2.24) is 4.90 Å². The molecule has 0 saturated carbocycles. The molecule has 1 atom stereocenters. The van der Waals surface area contributed by atoms with Gasteiger partial charge in [0.2, 0.25) is 0 Å². The van der Waals surface area contributed by atoms with Crippen LogP contribution in [-0.2, 0) is 0 Å². The van der Waals surface area contributed by atoms with Gasteiger partial charge in [0.05, 0.1) is 0 Å². The average Bonchev–Trinajstić information content (AvgIpc) is 2.68. The van der Waals surface area contributed by atoms with Gasteiger partial charge in [-0.05, 0) is 61.1 Å². The standard InChI is InChI=1S/C22H28N2O2/c1-23(2)21-11-6-8-18(16-21)17-7-5-9-19(15-17)22(26)24-13-4-3-10-20(24)12-14-25/h5-9,11,15-16,20,25H,3-4,10,12-14H2,1-2H3. The van der Waals surface area contributed by atoms with Gasteiger partial charge < -0.3 is 14.9 Å². The monoisotopic (exact) mass is 352 g/mol. The molecule has 2 aromatic rings. The van der Waals surface area contributed by atoms with Gasteiger partial charge in [-0.15, -0.1) is 0 Å². The van der Waals surface area contributed by atoms with E-state index in [0.29, 0.717) is 6.42 Å². The first-order valence-corrected chi connectivity index (χ1v) is 9.40. The van der Waals surface area contributed by atoms with Gasteiger partial charge in [-0.25, -0.2) is 0 Å². The van der Waals surface area contributed by atoms with Crippen LogP contribution in [0.25, 0.3) is 11.1 Å². The summed E-state index contributed by atoms with van der Waals surface area (Å²) in [5.41, 5.74) is 4.02. The van der Waals surface area contributed by atoms with E-state index in [2.05, 4.69) is 23.1 Å². The molecule has 1 heterocycles. The number of piperidine rings is 1. The summed E-state index contributed by atoms with van der Waals surface area (Å²) in [6.07, 6.45) is 3.82. The van der Waals surface area contributed by atoms with Crippen molar-refractivity contribution < 1.29 is 9.90 Å². The number of nitrogens with zero attached hydrogens (tertiary/aromatic N) is 2. The predicted molar refractivity (Wildman–Crippen MR) is 107 cm³/mol. The molecule has 26 heavy (non-hydrogen) atoms. The van der Waals surface area contributed by atoms with Crippen LogP contribution in [0.1, 0.15) is 36.0 Å². The summed E-state index contributed by atoms with van der Waals surface area (Å²) in [6.45, 7) is 0.912. The molecule has 3 rings (SSSR count). The molecule has 0 bridgehead atoms. The zero-order valence-corrected chi connectivity index (χ0v) is 15.7. The number of carbonyl (C=O) groups is 1. The lowest BCUT2D eigenvalue weighted by molar-refractivity contribution is 0.0574. The molecule has 0 radical (unpaired) electrons. The van der Waals surface area contributed by atoms with Gasteiger partial charge in [0.15, 0.2) is 0 Å². The second-order valence-corrected chi connectivity index (χ2v) is 7.19. The number of aliphatic hydroxyl groups is 1. The Morgan fingerprint density at radius 1 is 1.12 bits per heavy atom. The highest BCUT2D eigenvalue weighted by Crippen LogP contribution is 2.27. The van der Waals surface area contributed by atoms with Gasteiger partial charge in [0.25, 0.3) is 5.91 Å². The van der Waals surface area contributed by atoms with Crippen molar-refractivity contribution in [3.63, 3.8) is 0 Å². The van der Waals surface area contributed by atoms with Crippen LogP contribution < -0.4 is 4.90 Å². The van der Waals surface area contributed by atoms with E-state index in [0.717, 1.165) is 48.2 Å². The minimum absolute atomic E-state index is 0.0776. The Labute approximate surface area is 156 Å². The van der Waals surface area contributed by atoms with Gasteiger partial charge in [0, 0.05) is 44.5 Å². The van der Waals surface area contributed by atoms with Crippen molar-refractivity contribution in [3.05, 3.63) is 54.1 Å². The molecule has 0 spiro atoms. The molecule has 1 amide bonds. The highest BCUT2D eigenvalue weighted by atomic mass is 16.3. The van der Waals surface area contributed by atoms with Crippen molar-refractivity contribution in [3.8, 4) is 11.1 Å². The van der Waals surface area contributed by atoms with Crippen LogP contribution in [0.15, 0.2) is 48.5 Å². The molecular weight excluding hydrogens is 324 g/mol. The van der Waals surface area contributed by atoms with E-state index < -0.39 is 0 Å². The first-order valence-electron chi connectivity index (χ1n) is 9.40. The maximum Gasteiger partial charge on any atom is 0.254 e. The van der Waals surface area contributed by atoms with Crippen molar-refractivity contribution in [1.29, 1.82) is 0 Å². The lowest BCUT2D eigenvalue weighted by atomic mass is 9.97. The fraction of sp³-hybridized carbons (Fsp3) is 0.409. The van der Waals surface area contributed by atoms with E-state index in [1.807, 2.05) is 49.3 Å². The third kappa shape index (κ3) is 4.07. The number of rotatable bonds is 5. The van der Waals surface area contributed by atoms with Crippen molar-refractivity contribution in [2.24, 2.45) is 0 Å². The first-order chi connectivity index (χ1) is 12.6. The second-order valence-electron chi connectivity index (χ2n) is 7.19. The van der Waals surface area contributed by atoms with E-state index in [1.54, 1.807) is 0 Å². The first kappa shape index (κ1) is 18.5. The molecule has 1 saturated heterocycles. The molecule has 4 heteroatoms. The summed E-state index contributed by atoms with van der Waals surface area (Å²) in [6, 6.07) is 16.4. The SMILES string of the molecule is CN(C)c1cccc(-c2cccc(C(=O)N3CCCCC3CCO)c2)c1. The van der Waals surface area contributed by atoms with E-state index in [-0.39, 0.29) is 18.6 Å². The topological polar surface area (TPSA) is 43.8 Å². The van der Waals surface area contributed by atoms with E-state index in [4.69, 9.17) is 0 Å². The Morgan fingerprint density at radius 2 is 1.85 bits per heavy atom. The zero-order valence-electron chi connectivity index (χ0n) is 15.7. The molecule has 1 unspecified atom stereocenters. The van der Waals surface area contributed by atoms with Crippen LogP contribution in [0.4, 0.5) is 5.69 Å². The predicted octanol–water partition coefficient (Wildman–Crippen LogP) is 3.80. The maximum atomic E-state index is 13.1. The highest BCUT2D eigenvalue weighted by molar-refractivity contribution is 5.95. The van der Waals surface area contributed by atoms with E-state index in [1.165, 1.54) is 0 Å². The normalized spacial score (nSPS) is 17.2. The van der Waals surface area contributed by atoms with Crippen LogP contribution in [0, 0.1) is 0 Å². The molecule has 0 aliphatic carbocycles. The minimum atomic E-state index is 0.0776. The van der Waals surface area contributed by atoms with Crippen LogP contribution in [0.2, 0.25) is 0 Å². The van der Waals surface area contributed by atoms with Crippen LogP contribution in [0.3, 0.4) is 0 Å². The Kier molecular flexibility index (Phi) is 5.94. The zero-order chi connectivity index (χ0) is 18.5. The third-order valence-corrected chi connectivity index (χ3v) is 5.16. The molecule has 1 N–H and O–H groups in total. The van der Waals surface area contributed by atoms with Gasteiger partial charge in [-0.3, -0.25) is 4.79 Å². The average molecular weight is 352 g/mol. The van der Waals surface area contributed by atoms with Crippen molar-refractivity contribution in [2.75, 3.05) is 32.1 Å². The fourth-order valence-corrected chi connectivity index (χ4v) is 3.68. The highest BCUT2D eigenvalue weighted by Gasteiger charge is 2.27. The number of hydrogen-bond acceptors (Lipinski definition) is 3. The van der Waals surface area contributed by atoms with Crippen LogP contribution in [0.5, 0.6) is 0 Å². The summed E-state index contributed by atoms with van der Waals surface area (Å²) in [7, 11) is 4.05. The number of anilines is 1. The fourth-order valence-electron chi connectivity index (χ4n) is 3.68. The molecule has 1 fully saturated rings. The molecule has 2 aromatic carbocycles. The van der Waals surface area contributed by atoms with E-state index >= 15 is 0 Å². The summed E-state index contributed by atoms with van der Waals surface area (Å²) in [5, 5.41) is 9.31. The Morgan fingerprint density at radius 3 is 2.58 bits per heavy atom. The Hall–Kier alpha value is -2.33. The Bertz CT molecular complexity index is 755. The van der Waals surface area contributed by atoms with Gasteiger partial charge in [-0.2, -0.15) is 0 Å². The maximum absolute atomic E-state index is 13.1. The number of amides is 1. The lowest BCUT2D eigenvalue weighted by Crippen LogP contribution is -2.44. The summed E-state index contributed by atoms with van der Waals surface area (Å²) >= 11 is 0. The van der Waals surface area contributed by atoms with Gasteiger partial charge in [0.1, 0.15) is 0 Å². The summed E-state index contributed by atoms with van der Waals surface area (Å²) in [4.78, 5) is 17.1. The number of benzene rings is 2.